The van der Waals surface area contributed by atoms with Crippen LogP contribution in [-0.4, -0.2) is 41.6 Å². The van der Waals surface area contributed by atoms with Gasteiger partial charge < -0.3 is 14.7 Å². The molecular weight excluding hydrogens is 320 g/mol. The fraction of sp³-hybridized carbons (Fsp3) is 0.389. The summed E-state index contributed by atoms with van der Waals surface area (Å²) in [5, 5.41) is 6.34. The predicted octanol–water partition coefficient (Wildman–Crippen LogP) is 2.99. The van der Waals surface area contributed by atoms with Gasteiger partial charge in [-0.3, -0.25) is 9.69 Å². The summed E-state index contributed by atoms with van der Waals surface area (Å²) in [5.41, 5.74) is 2.08. The maximum atomic E-state index is 12.6. The molecule has 0 atom stereocenters. The first-order chi connectivity index (χ1) is 11.9. The molecule has 7 nitrogen and oxygen atoms in total. The van der Waals surface area contributed by atoms with Crippen LogP contribution in [0.2, 0.25) is 0 Å². The molecule has 1 fully saturated rings. The summed E-state index contributed by atoms with van der Waals surface area (Å²) in [6, 6.07) is 9.45. The number of aromatic nitrogens is 1. The van der Waals surface area contributed by atoms with Crippen molar-refractivity contribution in [2.75, 3.05) is 29.9 Å². The molecular formula is C18H22N4O3. The van der Waals surface area contributed by atoms with Crippen molar-refractivity contribution in [3.63, 3.8) is 0 Å². The molecule has 0 radical (unpaired) electrons. The molecule has 2 heterocycles. The second kappa shape index (κ2) is 6.96. The second-order valence-electron chi connectivity index (χ2n) is 6.47. The van der Waals surface area contributed by atoms with Crippen molar-refractivity contribution in [3.8, 4) is 0 Å². The van der Waals surface area contributed by atoms with E-state index in [2.05, 4.69) is 24.3 Å². The highest BCUT2D eigenvalue weighted by molar-refractivity contribution is 5.99. The SMILES string of the molecule is Cc1cc(NC(=O)CN2CCN(c3ccc(C(C)C)cc3)C2=O)no1. The van der Waals surface area contributed by atoms with Gasteiger partial charge in [0, 0.05) is 24.8 Å². The van der Waals surface area contributed by atoms with Crippen molar-refractivity contribution >= 4 is 23.4 Å². The number of rotatable bonds is 5. The monoisotopic (exact) mass is 342 g/mol. The average molecular weight is 342 g/mol. The van der Waals surface area contributed by atoms with Gasteiger partial charge in [-0.05, 0) is 30.5 Å². The van der Waals surface area contributed by atoms with Crippen LogP contribution in [0.5, 0.6) is 0 Å². The molecule has 7 heteroatoms. The third kappa shape index (κ3) is 3.81. The van der Waals surface area contributed by atoms with Crippen LogP contribution in [0.3, 0.4) is 0 Å². The van der Waals surface area contributed by atoms with Gasteiger partial charge in [0.25, 0.3) is 0 Å². The minimum Gasteiger partial charge on any atom is -0.360 e. The molecule has 3 rings (SSSR count). The van der Waals surface area contributed by atoms with E-state index in [4.69, 9.17) is 4.52 Å². The Morgan fingerprint density at radius 2 is 2.00 bits per heavy atom. The molecule has 1 N–H and O–H groups in total. The Morgan fingerprint density at radius 1 is 1.28 bits per heavy atom. The van der Waals surface area contributed by atoms with E-state index in [0.717, 1.165) is 5.69 Å². The van der Waals surface area contributed by atoms with Gasteiger partial charge in [0.15, 0.2) is 5.82 Å². The van der Waals surface area contributed by atoms with E-state index in [-0.39, 0.29) is 18.5 Å². The number of benzene rings is 1. The van der Waals surface area contributed by atoms with Crippen LogP contribution in [-0.2, 0) is 4.79 Å². The molecule has 3 amide bonds. The zero-order valence-corrected chi connectivity index (χ0v) is 14.7. The fourth-order valence-corrected chi connectivity index (χ4v) is 2.79. The summed E-state index contributed by atoms with van der Waals surface area (Å²) < 4.78 is 4.90. The first-order valence-electron chi connectivity index (χ1n) is 8.33. The van der Waals surface area contributed by atoms with E-state index < -0.39 is 0 Å². The smallest absolute Gasteiger partial charge is 0.325 e. The van der Waals surface area contributed by atoms with Gasteiger partial charge in [-0.1, -0.05) is 31.1 Å². The predicted molar refractivity (Wildman–Crippen MR) is 94.7 cm³/mol. The maximum absolute atomic E-state index is 12.6. The number of hydrogen-bond acceptors (Lipinski definition) is 4. The molecule has 0 unspecified atom stereocenters. The van der Waals surface area contributed by atoms with Gasteiger partial charge in [-0.25, -0.2) is 4.79 Å². The lowest BCUT2D eigenvalue weighted by atomic mass is 10.0. The standard InChI is InChI=1S/C18H22N4O3/c1-12(2)14-4-6-15(7-5-14)22-9-8-21(18(22)24)11-17(23)19-16-10-13(3)25-20-16/h4-7,10,12H,8-9,11H2,1-3H3,(H,19,20,23). The fourth-order valence-electron chi connectivity index (χ4n) is 2.79. The van der Waals surface area contributed by atoms with E-state index in [1.807, 2.05) is 24.3 Å². The minimum atomic E-state index is -0.293. The third-order valence-corrected chi connectivity index (χ3v) is 4.20. The van der Waals surface area contributed by atoms with Crippen molar-refractivity contribution in [1.29, 1.82) is 0 Å². The number of carbonyl (C=O) groups is 2. The summed E-state index contributed by atoms with van der Waals surface area (Å²) in [5.74, 6) is 1.13. The summed E-state index contributed by atoms with van der Waals surface area (Å²) >= 11 is 0. The van der Waals surface area contributed by atoms with Gasteiger partial charge in [0.05, 0.1) is 0 Å². The van der Waals surface area contributed by atoms with Crippen LogP contribution in [0.4, 0.5) is 16.3 Å². The van der Waals surface area contributed by atoms with E-state index in [1.54, 1.807) is 17.9 Å². The first-order valence-corrected chi connectivity index (χ1v) is 8.33. The molecule has 1 saturated heterocycles. The Labute approximate surface area is 146 Å². The molecule has 132 valence electrons. The number of nitrogens with zero attached hydrogens (tertiary/aromatic N) is 3. The molecule has 0 bridgehead atoms. The zero-order valence-electron chi connectivity index (χ0n) is 14.7. The van der Waals surface area contributed by atoms with E-state index in [1.165, 1.54) is 10.5 Å². The highest BCUT2D eigenvalue weighted by Crippen LogP contribution is 2.23. The number of hydrogen-bond donors (Lipinski definition) is 1. The Bertz CT molecular complexity index is 767. The molecule has 1 aromatic heterocycles. The molecule has 0 spiro atoms. The summed E-state index contributed by atoms with van der Waals surface area (Å²) in [6.45, 7) is 7.08. The number of urea groups is 1. The van der Waals surface area contributed by atoms with Crippen LogP contribution < -0.4 is 10.2 Å². The van der Waals surface area contributed by atoms with Crippen molar-refractivity contribution < 1.29 is 14.1 Å². The van der Waals surface area contributed by atoms with Crippen molar-refractivity contribution in [3.05, 3.63) is 41.7 Å². The molecule has 0 saturated carbocycles. The Balaban J connectivity index is 1.60. The van der Waals surface area contributed by atoms with Crippen LogP contribution in [0, 0.1) is 6.92 Å². The largest absolute Gasteiger partial charge is 0.360 e. The molecule has 1 aromatic carbocycles. The Morgan fingerprint density at radius 3 is 2.60 bits per heavy atom. The summed E-state index contributed by atoms with van der Waals surface area (Å²) in [7, 11) is 0. The number of carbonyl (C=O) groups excluding carboxylic acids is 2. The maximum Gasteiger partial charge on any atom is 0.325 e. The van der Waals surface area contributed by atoms with Gasteiger partial charge in [-0.15, -0.1) is 0 Å². The summed E-state index contributed by atoms with van der Waals surface area (Å²) in [4.78, 5) is 27.9. The van der Waals surface area contributed by atoms with E-state index >= 15 is 0 Å². The van der Waals surface area contributed by atoms with E-state index in [9.17, 15) is 9.59 Å². The number of aryl methyl sites for hydroxylation is 1. The van der Waals surface area contributed by atoms with Crippen LogP contribution in [0.25, 0.3) is 0 Å². The third-order valence-electron chi connectivity index (χ3n) is 4.20. The quantitative estimate of drug-likeness (QED) is 0.906. The average Bonchev–Trinajstić information content (AvgIpc) is 3.14. The number of amides is 3. The van der Waals surface area contributed by atoms with Crippen molar-refractivity contribution in [1.82, 2.24) is 10.1 Å². The van der Waals surface area contributed by atoms with Gasteiger partial charge in [0.2, 0.25) is 5.91 Å². The van der Waals surface area contributed by atoms with Gasteiger partial charge in [-0.2, -0.15) is 0 Å². The van der Waals surface area contributed by atoms with Crippen molar-refractivity contribution in [2.24, 2.45) is 0 Å². The highest BCUT2D eigenvalue weighted by Gasteiger charge is 2.30. The normalized spacial score (nSPS) is 14.5. The number of anilines is 2. The van der Waals surface area contributed by atoms with Gasteiger partial charge >= 0.3 is 6.03 Å². The molecule has 2 aromatic rings. The molecule has 0 aliphatic carbocycles. The van der Waals surface area contributed by atoms with Crippen LogP contribution in [0.1, 0.15) is 31.1 Å². The molecule has 1 aliphatic heterocycles. The van der Waals surface area contributed by atoms with Gasteiger partial charge in [0.1, 0.15) is 12.3 Å². The summed E-state index contributed by atoms with van der Waals surface area (Å²) in [6.07, 6.45) is 0. The zero-order chi connectivity index (χ0) is 18.0. The van der Waals surface area contributed by atoms with E-state index in [0.29, 0.717) is 30.6 Å². The lowest BCUT2D eigenvalue weighted by molar-refractivity contribution is -0.116. The second-order valence-corrected chi connectivity index (χ2v) is 6.47. The van der Waals surface area contributed by atoms with Crippen LogP contribution >= 0.6 is 0 Å². The lowest BCUT2D eigenvalue weighted by Gasteiger charge is -2.18. The Hall–Kier alpha value is -2.83. The van der Waals surface area contributed by atoms with Crippen molar-refractivity contribution in [2.45, 2.75) is 26.7 Å². The van der Waals surface area contributed by atoms with Crippen LogP contribution in [0.15, 0.2) is 34.9 Å². The highest BCUT2D eigenvalue weighted by atomic mass is 16.5. The minimum absolute atomic E-state index is 0.00861. The lowest BCUT2D eigenvalue weighted by Crippen LogP contribution is -2.37. The first kappa shape index (κ1) is 17.0. The number of nitrogens with one attached hydrogen (secondary N) is 1. The molecule has 25 heavy (non-hydrogen) atoms. The Kier molecular flexibility index (Phi) is 4.74. The topological polar surface area (TPSA) is 78.7 Å². The molecule has 1 aliphatic rings.